The van der Waals surface area contributed by atoms with E-state index in [1.807, 2.05) is 18.2 Å². The van der Waals surface area contributed by atoms with Crippen LogP contribution in [-0.4, -0.2) is 11.1 Å². The summed E-state index contributed by atoms with van der Waals surface area (Å²) in [5.41, 5.74) is 4.97. The third-order valence-corrected chi connectivity index (χ3v) is 5.15. The summed E-state index contributed by atoms with van der Waals surface area (Å²) in [6, 6.07) is 14.3. The zero-order chi connectivity index (χ0) is 18.0. The maximum atomic E-state index is 6.40. The van der Waals surface area contributed by atoms with Crippen LogP contribution >= 0.6 is 35.6 Å². The summed E-state index contributed by atoms with van der Waals surface area (Å²) >= 11 is 12.4. The topological polar surface area (TPSA) is 17.0 Å². The Bertz CT molecular complexity index is 884. The van der Waals surface area contributed by atoms with Crippen LogP contribution in [0.1, 0.15) is 30.7 Å². The molecule has 5 heteroatoms. The van der Waals surface area contributed by atoms with Crippen LogP contribution in [0.5, 0.6) is 0 Å². The van der Waals surface area contributed by atoms with Crippen molar-refractivity contribution in [1.82, 2.24) is 9.88 Å². The largest absolute Gasteiger partial charge is 0.340 e. The first-order chi connectivity index (χ1) is 12.0. The molecule has 140 valence electrons. The van der Waals surface area contributed by atoms with Crippen LogP contribution in [0.4, 0.5) is 0 Å². The van der Waals surface area contributed by atoms with Crippen LogP contribution in [0.15, 0.2) is 42.5 Å². The van der Waals surface area contributed by atoms with E-state index in [9.17, 15) is 0 Å². The molecule has 2 nitrogen and oxygen atoms in total. The Morgan fingerprint density at radius 3 is 2.50 bits per heavy atom. The molecule has 2 aromatic carbocycles. The zero-order valence-corrected chi connectivity index (χ0v) is 17.7. The van der Waals surface area contributed by atoms with Gasteiger partial charge in [0.1, 0.15) is 0 Å². The van der Waals surface area contributed by atoms with Crippen molar-refractivity contribution in [2.45, 2.75) is 33.9 Å². The highest BCUT2D eigenvalue weighted by atomic mass is 35.5. The van der Waals surface area contributed by atoms with Crippen LogP contribution in [0.2, 0.25) is 10.0 Å². The molecule has 1 N–H and O–H groups in total. The summed E-state index contributed by atoms with van der Waals surface area (Å²) < 4.78 is 2.34. The molecule has 0 unspecified atom stereocenters. The fourth-order valence-corrected chi connectivity index (χ4v) is 3.70. The van der Waals surface area contributed by atoms with Crippen LogP contribution in [0.3, 0.4) is 0 Å². The van der Waals surface area contributed by atoms with Crippen molar-refractivity contribution in [2.24, 2.45) is 5.92 Å². The maximum Gasteiger partial charge on any atom is 0.0493 e. The number of fused-ring (bicyclic) bond motifs is 1. The van der Waals surface area contributed by atoms with Gasteiger partial charge < -0.3 is 9.88 Å². The second-order valence-electron chi connectivity index (χ2n) is 6.93. The SMILES string of the molecule is Cc1c(CNCC(C)C)c2ccccc2n1Cc1ccc(Cl)cc1Cl.Cl. The third-order valence-electron chi connectivity index (χ3n) is 4.56. The molecule has 0 aliphatic carbocycles. The van der Waals surface area contributed by atoms with Crippen LogP contribution < -0.4 is 5.32 Å². The van der Waals surface area contributed by atoms with Crippen LogP contribution in [0, 0.1) is 12.8 Å². The number of halogens is 3. The molecule has 0 aliphatic rings. The number of nitrogens with zero attached hydrogens (tertiary/aromatic N) is 1. The van der Waals surface area contributed by atoms with E-state index in [0.29, 0.717) is 16.0 Å². The second kappa shape index (κ2) is 9.14. The Morgan fingerprint density at radius 2 is 1.81 bits per heavy atom. The summed E-state index contributed by atoms with van der Waals surface area (Å²) in [6.45, 7) is 9.29. The molecule has 1 aromatic heterocycles. The van der Waals surface area contributed by atoms with E-state index in [4.69, 9.17) is 23.2 Å². The first kappa shape index (κ1) is 21.1. The molecule has 0 atom stereocenters. The molecule has 26 heavy (non-hydrogen) atoms. The average molecular weight is 412 g/mol. The third kappa shape index (κ3) is 4.55. The molecular formula is C21H25Cl3N2. The smallest absolute Gasteiger partial charge is 0.0493 e. The Morgan fingerprint density at radius 1 is 1.08 bits per heavy atom. The summed E-state index contributed by atoms with van der Waals surface area (Å²) in [5, 5.41) is 6.26. The predicted molar refractivity (Wildman–Crippen MR) is 116 cm³/mol. The second-order valence-corrected chi connectivity index (χ2v) is 7.77. The van der Waals surface area contributed by atoms with Crippen molar-refractivity contribution in [1.29, 1.82) is 0 Å². The van der Waals surface area contributed by atoms with Crippen LogP contribution in [-0.2, 0) is 13.1 Å². The monoisotopic (exact) mass is 410 g/mol. The molecule has 0 aliphatic heterocycles. The van der Waals surface area contributed by atoms with Gasteiger partial charge in [0.15, 0.2) is 0 Å². The summed E-state index contributed by atoms with van der Waals surface area (Å²) in [6.07, 6.45) is 0. The number of rotatable bonds is 6. The van der Waals surface area contributed by atoms with Crippen molar-refractivity contribution in [3.63, 3.8) is 0 Å². The Hall–Kier alpha value is -1.19. The van der Waals surface area contributed by atoms with E-state index in [2.05, 4.69) is 54.9 Å². The Kier molecular flexibility index (Phi) is 7.42. The summed E-state index contributed by atoms with van der Waals surface area (Å²) in [4.78, 5) is 0. The fraction of sp³-hybridized carbons (Fsp3) is 0.333. The number of hydrogen-bond acceptors (Lipinski definition) is 1. The fourth-order valence-electron chi connectivity index (χ4n) is 3.24. The lowest BCUT2D eigenvalue weighted by molar-refractivity contribution is 0.551. The van der Waals surface area contributed by atoms with Gasteiger partial charge in [-0.2, -0.15) is 0 Å². The first-order valence-electron chi connectivity index (χ1n) is 8.68. The lowest BCUT2D eigenvalue weighted by Gasteiger charge is -2.11. The van der Waals surface area contributed by atoms with Crippen molar-refractivity contribution < 1.29 is 0 Å². The minimum Gasteiger partial charge on any atom is -0.340 e. The Labute approximate surface area is 171 Å². The number of nitrogens with one attached hydrogen (secondary N) is 1. The zero-order valence-electron chi connectivity index (χ0n) is 15.4. The van der Waals surface area contributed by atoms with Gasteiger partial charge in [0.2, 0.25) is 0 Å². The van der Waals surface area contributed by atoms with Crippen molar-refractivity contribution >= 4 is 46.5 Å². The normalized spacial score (nSPS) is 11.2. The number of hydrogen-bond donors (Lipinski definition) is 1. The lowest BCUT2D eigenvalue weighted by atomic mass is 10.1. The van der Waals surface area contributed by atoms with E-state index in [1.54, 1.807) is 0 Å². The lowest BCUT2D eigenvalue weighted by Crippen LogP contribution is -2.19. The van der Waals surface area contributed by atoms with E-state index < -0.39 is 0 Å². The summed E-state index contributed by atoms with van der Waals surface area (Å²) in [7, 11) is 0. The summed E-state index contributed by atoms with van der Waals surface area (Å²) in [5.74, 6) is 0.640. The standard InChI is InChI=1S/C21H24Cl2N2.ClH/c1-14(2)11-24-12-19-15(3)25(21-7-5-4-6-18(19)21)13-16-8-9-17(22)10-20(16)23;/h4-10,14,24H,11-13H2,1-3H3;1H. The first-order valence-corrected chi connectivity index (χ1v) is 9.44. The van der Waals surface area contributed by atoms with Gasteiger partial charge in [0.05, 0.1) is 0 Å². The number of para-hydroxylation sites is 1. The highest BCUT2D eigenvalue weighted by molar-refractivity contribution is 6.35. The van der Waals surface area contributed by atoms with E-state index in [1.165, 1.54) is 22.2 Å². The molecule has 3 aromatic rings. The molecule has 0 spiro atoms. The highest BCUT2D eigenvalue weighted by Gasteiger charge is 2.14. The quantitative estimate of drug-likeness (QED) is 0.491. The van der Waals surface area contributed by atoms with Crippen LogP contribution in [0.25, 0.3) is 10.9 Å². The molecule has 0 saturated heterocycles. The van der Waals surface area contributed by atoms with Crippen molar-refractivity contribution in [3.8, 4) is 0 Å². The highest BCUT2D eigenvalue weighted by Crippen LogP contribution is 2.29. The maximum absolute atomic E-state index is 6.40. The molecule has 1 heterocycles. The Balaban J connectivity index is 0.00000243. The van der Waals surface area contributed by atoms with Gasteiger partial charge in [-0.1, -0.05) is 61.3 Å². The van der Waals surface area contributed by atoms with E-state index in [-0.39, 0.29) is 12.4 Å². The molecule has 3 rings (SSSR count). The van der Waals surface area contributed by atoms with Gasteiger partial charge >= 0.3 is 0 Å². The van der Waals surface area contributed by atoms with E-state index >= 15 is 0 Å². The molecule has 0 radical (unpaired) electrons. The minimum atomic E-state index is 0. The van der Waals surface area contributed by atoms with Gasteiger partial charge in [-0.25, -0.2) is 0 Å². The molecular weight excluding hydrogens is 387 g/mol. The molecule has 0 amide bonds. The average Bonchev–Trinajstić information content (AvgIpc) is 2.83. The van der Waals surface area contributed by atoms with Gasteiger partial charge in [-0.3, -0.25) is 0 Å². The number of aromatic nitrogens is 1. The molecule has 0 fully saturated rings. The van der Waals surface area contributed by atoms with Crippen molar-refractivity contribution in [3.05, 3.63) is 69.3 Å². The molecule has 0 bridgehead atoms. The predicted octanol–water partition coefficient (Wildman–Crippen LogP) is 6.47. The van der Waals surface area contributed by atoms with Gasteiger partial charge in [0, 0.05) is 39.7 Å². The van der Waals surface area contributed by atoms with E-state index in [0.717, 1.165) is 25.2 Å². The van der Waals surface area contributed by atoms with Gasteiger partial charge in [0.25, 0.3) is 0 Å². The van der Waals surface area contributed by atoms with Gasteiger partial charge in [-0.05, 0) is 48.7 Å². The molecule has 0 saturated carbocycles. The number of benzene rings is 2. The van der Waals surface area contributed by atoms with Crippen molar-refractivity contribution in [2.75, 3.05) is 6.54 Å². The van der Waals surface area contributed by atoms with Gasteiger partial charge in [-0.15, -0.1) is 12.4 Å². The minimum absolute atomic E-state index is 0.